The number of allylic oxidation sites excluding steroid dienone is 1. The first-order chi connectivity index (χ1) is 4.57. The summed E-state index contributed by atoms with van der Waals surface area (Å²) in [5.74, 6) is -0.513. The minimum absolute atomic E-state index is 0.0130. The Balaban J connectivity index is 4.03. The van der Waals surface area contributed by atoms with Crippen molar-refractivity contribution in [1.82, 2.24) is 0 Å². The van der Waals surface area contributed by atoms with Crippen molar-refractivity contribution in [3.63, 3.8) is 0 Å². The molecule has 0 aromatic heterocycles. The molecular weight excluding hydrogens is 132 g/mol. The molecule has 0 bridgehead atoms. The van der Waals surface area contributed by atoms with Crippen molar-refractivity contribution in [2.45, 2.75) is 13.8 Å². The number of hydrogen-bond acceptors (Lipinski definition) is 3. The molecule has 0 heterocycles. The summed E-state index contributed by atoms with van der Waals surface area (Å²) in [4.78, 5) is 10.4. The van der Waals surface area contributed by atoms with Crippen LogP contribution in [0.4, 0.5) is 0 Å². The van der Waals surface area contributed by atoms with E-state index in [0.29, 0.717) is 0 Å². The lowest BCUT2D eigenvalue weighted by atomic mass is 10.1. The molecule has 0 fully saturated rings. The van der Waals surface area contributed by atoms with Crippen molar-refractivity contribution in [2.75, 3.05) is 6.61 Å². The van der Waals surface area contributed by atoms with E-state index in [1.165, 1.54) is 0 Å². The van der Waals surface area contributed by atoms with Crippen molar-refractivity contribution in [3.8, 4) is 0 Å². The normalized spacial score (nSPS) is 12.2. The van der Waals surface area contributed by atoms with Crippen LogP contribution in [0.3, 0.4) is 0 Å². The van der Waals surface area contributed by atoms with Crippen LogP contribution in [-0.4, -0.2) is 22.6 Å². The standard InChI is InChI=1S/C7H12O3/c1-5(2)7(10)3-6(9)4-8/h3,5,8,10H,4H2,1-2H3/b7-3-. The van der Waals surface area contributed by atoms with Gasteiger partial charge in [0, 0.05) is 12.0 Å². The molecule has 0 aromatic rings. The maximum Gasteiger partial charge on any atom is 0.184 e. The van der Waals surface area contributed by atoms with E-state index in [1.807, 2.05) is 0 Å². The van der Waals surface area contributed by atoms with Gasteiger partial charge >= 0.3 is 0 Å². The number of aliphatic hydroxyl groups excluding tert-OH is 2. The molecule has 58 valence electrons. The summed E-state index contributed by atoms with van der Waals surface area (Å²) < 4.78 is 0. The van der Waals surface area contributed by atoms with Gasteiger partial charge in [-0.15, -0.1) is 0 Å². The first-order valence-corrected chi connectivity index (χ1v) is 3.12. The number of hydrogen-bond donors (Lipinski definition) is 2. The molecule has 0 aliphatic heterocycles. The van der Waals surface area contributed by atoms with Crippen LogP contribution in [0.25, 0.3) is 0 Å². The van der Waals surface area contributed by atoms with Gasteiger partial charge in [-0.25, -0.2) is 0 Å². The molecular formula is C7H12O3. The Morgan fingerprint density at radius 2 is 2.10 bits per heavy atom. The summed E-state index contributed by atoms with van der Waals surface area (Å²) in [7, 11) is 0. The highest BCUT2D eigenvalue weighted by Gasteiger charge is 2.01. The van der Waals surface area contributed by atoms with E-state index in [4.69, 9.17) is 10.2 Å². The average Bonchev–Trinajstić information content (AvgIpc) is 1.87. The summed E-state index contributed by atoms with van der Waals surface area (Å²) in [5, 5.41) is 17.2. The lowest BCUT2D eigenvalue weighted by Crippen LogP contribution is -2.03. The highest BCUT2D eigenvalue weighted by molar-refractivity contribution is 5.90. The van der Waals surface area contributed by atoms with Gasteiger partial charge in [0.15, 0.2) is 5.78 Å². The molecule has 0 saturated carbocycles. The predicted molar refractivity (Wildman–Crippen MR) is 37.6 cm³/mol. The Morgan fingerprint density at radius 1 is 1.60 bits per heavy atom. The second-order valence-electron chi connectivity index (χ2n) is 2.35. The van der Waals surface area contributed by atoms with Crippen molar-refractivity contribution in [1.29, 1.82) is 0 Å². The Hall–Kier alpha value is -0.830. The van der Waals surface area contributed by atoms with Crippen molar-refractivity contribution < 1.29 is 15.0 Å². The zero-order valence-electron chi connectivity index (χ0n) is 6.16. The Kier molecular flexibility index (Phi) is 3.72. The van der Waals surface area contributed by atoms with Gasteiger partial charge in [0.2, 0.25) is 0 Å². The van der Waals surface area contributed by atoms with E-state index in [2.05, 4.69) is 0 Å². The summed E-state index contributed by atoms with van der Waals surface area (Å²) in [6.45, 7) is 2.98. The van der Waals surface area contributed by atoms with E-state index < -0.39 is 12.4 Å². The van der Waals surface area contributed by atoms with Gasteiger partial charge < -0.3 is 10.2 Å². The maximum absolute atomic E-state index is 10.4. The summed E-state index contributed by atoms with van der Waals surface area (Å²) in [6.07, 6.45) is 1.05. The third kappa shape index (κ3) is 3.25. The molecule has 0 aromatic carbocycles. The number of carbonyl (C=O) groups is 1. The molecule has 0 spiro atoms. The topological polar surface area (TPSA) is 57.5 Å². The van der Waals surface area contributed by atoms with Gasteiger partial charge in [-0.05, 0) is 0 Å². The molecule has 0 rings (SSSR count). The highest BCUT2D eigenvalue weighted by atomic mass is 16.3. The quantitative estimate of drug-likeness (QED) is 0.451. The van der Waals surface area contributed by atoms with E-state index in [-0.39, 0.29) is 11.7 Å². The highest BCUT2D eigenvalue weighted by Crippen LogP contribution is 2.03. The summed E-state index contributed by atoms with van der Waals surface area (Å²) in [5.41, 5.74) is 0. The van der Waals surface area contributed by atoms with Gasteiger partial charge in [-0.3, -0.25) is 4.79 Å². The average molecular weight is 144 g/mol. The molecule has 0 saturated heterocycles. The van der Waals surface area contributed by atoms with Crippen molar-refractivity contribution >= 4 is 5.78 Å². The maximum atomic E-state index is 10.4. The van der Waals surface area contributed by atoms with Gasteiger partial charge in [0.05, 0.1) is 5.76 Å². The molecule has 0 aliphatic carbocycles. The van der Waals surface area contributed by atoms with Crippen molar-refractivity contribution in [2.24, 2.45) is 5.92 Å². The van der Waals surface area contributed by atoms with Crippen molar-refractivity contribution in [3.05, 3.63) is 11.8 Å². The second-order valence-corrected chi connectivity index (χ2v) is 2.35. The summed E-state index contributed by atoms with van der Waals surface area (Å²) in [6, 6.07) is 0. The third-order valence-corrected chi connectivity index (χ3v) is 1.06. The molecule has 0 amide bonds. The predicted octanol–water partition coefficient (Wildman–Crippen LogP) is 0.646. The van der Waals surface area contributed by atoms with Gasteiger partial charge in [0.1, 0.15) is 6.61 Å². The van der Waals surface area contributed by atoms with Crippen LogP contribution in [0.2, 0.25) is 0 Å². The van der Waals surface area contributed by atoms with Crippen LogP contribution in [0.15, 0.2) is 11.8 Å². The molecule has 3 heteroatoms. The fraction of sp³-hybridized carbons (Fsp3) is 0.571. The molecule has 3 nitrogen and oxygen atoms in total. The van der Waals surface area contributed by atoms with E-state index in [9.17, 15) is 4.79 Å². The first kappa shape index (κ1) is 9.17. The van der Waals surface area contributed by atoms with Crippen LogP contribution < -0.4 is 0 Å². The molecule has 2 N–H and O–H groups in total. The van der Waals surface area contributed by atoms with E-state index >= 15 is 0 Å². The second kappa shape index (κ2) is 4.06. The first-order valence-electron chi connectivity index (χ1n) is 3.12. The number of carbonyl (C=O) groups excluding carboxylic acids is 1. The largest absolute Gasteiger partial charge is 0.512 e. The smallest absolute Gasteiger partial charge is 0.184 e. The fourth-order valence-electron chi connectivity index (χ4n) is 0.377. The molecule has 0 aliphatic rings. The minimum atomic E-state index is -0.545. The molecule has 0 atom stereocenters. The van der Waals surface area contributed by atoms with E-state index in [1.54, 1.807) is 13.8 Å². The van der Waals surface area contributed by atoms with Crippen LogP contribution >= 0.6 is 0 Å². The number of rotatable bonds is 3. The Morgan fingerprint density at radius 3 is 2.40 bits per heavy atom. The zero-order chi connectivity index (χ0) is 8.15. The zero-order valence-corrected chi connectivity index (χ0v) is 6.16. The lowest BCUT2D eigenvalue weighted by molar-refractivity contribution is -0.117. The van der Waals surface area contributed by atoms with Gasteiger partial charge in [-0.2, -0.15) is 0 Å². The van der Waals surface area contributed by atoms with Gasteiger partial charge in [0.25, 0.3) is 0 Å². The fourth-order valence-corrected chi connectivity index (χ4v) is 0.377. The van der Waals surface area contributed by atoms with Gasteiger partial charge in [-0.1, -0.05) is 13.8 Å². The lowest BCUT2D eigenvalue weighted by Gasteiger charge is -2.00. The SMILES string of the molecule is CC(C)/C(O)=C/C(=O)CO. The van der Waals surface area contributed by atoms with E-state index in [0.717, 1.165) is 6.08 Å². The Bertz CT molecular complexity index is 147. The van der Waals surface area contributed by atoms with Crippen LogP contribution in [0.1, 0.15) is 13.8 Å². The molecule has 0 unspecified atom stereocenters. The summed E-state index contributed by atoms with van der Waals surface area (Å²) >= 11 is 0. The van der Waals surface area contributed by atoms with Crippen LogP contribution in [0.5, 0.6) is 0 Å². The Labute approximate surface area is 60.0 Å². The molecule has 0 radical (unpaired) electrons. The monoisotopic (exact) mass is 144 g/mol. The third-order valence-electron chi connectivity index (χ3n) is 1.06. The number of aliphatic hydroxyl groups is 2. The minimum Gasteiger partial charge on any atom is -0.512 e. The van der Waals surface area contributed by atoms with Crippen LogP contribution in [0, 0.1) is 5.92 Å². The molecule has 10 heavy (non-hydrogen) atoms. The van der Waals surface area contributed by atoms with Crippen LogP contribution in [-0.2, 0) is 4.79 Å². The number of ketones is 1.